The molecule has 9 heteroatoms. The maximum Gasteiger partial charge on any atom is 0.282 e. The van der Waals surface area contributed by atoms with E-state index < -0.39 is 0 Å². The molecule has 2 aliphatic rings. The number of anilines is 1. The van der Waals surface area contributed by atoms with Crippen LogP contribution in [0.5, 0.6) is 0 Å². The molecule has 1 amide bonds. The van der Waals surface area contributed by atoms with Crippen molar-refractivity contribution in [2.75, 3.05) is 30.9 Å². The fraction of sp³-hybridized carbons (Fsp3) is 0.304. The minimum atomic E-state index is -0.286. The van der Waals surface area contributed by atoms with Crippen LogP contribution in [0.15, 0.2) is 62.0 Å². The van der Waals surface area contributed by atoms with Crippen LogP contribution in [-0.4, -0.2) is 52.2 Å². The van der Waals surface area contributed by atoms with Gasteiger partial charge in [0.1, 0.15) is 0 Å². The highest BCUT2D eigenvalue weighted by molar-refractivity contribution is 9.10. The van der Waals surface area contributed by atoms with E-state index in [1.165, 1.54) is 22.9 Å². The van der Waals surface area contributed by atoms with E-state index in [0.717, 1.165) is 36.1 Å². The van der Waals surface area contributed by atoms with Crippen LogP contribution < -0.4 is 10.5 Å². The molecule has 164 valence electrons. The summed E-state index contributed by atoms with van der Waals surface area (Å²) in [7, 11) is 0. The van der Waals surface area contributed by atoms with Crippen molar-refractivity contribution in [3.63, 3.8) is 0 Å². The van der Waals surface area contributed by atoms with E-state index in [4.69, 9.17) is 0 Å². The first-order valence-electron chi connectivity index (χ1n) is 10.6. The lowest BCUT2D eigenvalue weighted by atomic mass is 10.1. The van der Waals surface area contributed by atoms with Crippen LogP contribution in [0.2, 0.25) is 0 Å². The minimum absolute atomic E-state index is 0.198. The summed E-state index contributed by atoms with van der Waals surface area (Å²) < 4.78 is 2.11. The SMILES string of the molecule is CSc1nc2ccccc2c(=O)n1/N=C1/C(=O)N(CN2CCCCC2)c2ccc(Br)cc21. The zero-order valence-corrected chi connectivity index (χ0v) is 20.0. The Bertz CT molecular complexity index is 1300. The topological polar surface area (TPSA) is 70.8 Å². The van der Waals surface area contributed by atoms with Gasteiger partial charge in [-0.15, -0.1) is 0 Å². The molecular weight excluding hydrogens is 490 g/mol. The fourth-order valence-corrected chi connectivity index (χ4v) is 5.09. The van der Waals surface area contributed by atoms with Gasteiger partial charge in [0.25, 0.3) is 11.5 Å². The summed E-state index contributed by atoms with van der Waals surface area (Å²) in [4.78, 5) is 35.4. The van der Waals surface area contributed by atoms with Gasteiger partial charge < -0.3 is 0 Å². The number of carbonyl (C=O) groups is 1. The van der Waals surface area contributed by atoms with Gasteiger partial charge in [0, 0.05) is 10.0 Å². The summed E-state index contributed by atoms with van der Waals surface area (Å²) in [5.41, 5.74) is 2.12. The van der Waals surface area contributed by atoms with Crippen molar-refractivity contribution in [2.24, 2.45) is 5.10 Å². The number of halogens is 1. The van der Waals surface area contributed by atoms with E-state index in [1.807, 2.05) is 30.5 Å². The number of fused-ring (bicyclic) bond motifs is 2. The molecule has 0 radical (unpaired) electrons. The van der Waals surface area contributed by atoms with E-state index >= 15 is 0 Å². The van der Waals surface area contributed by atoms with Gasteiger partial charge >= 0.3 is 0 Å². The average Bonchev–Trinajstić information content (AvgIpc) is 3.06. The Hall–Kier alpha value is -2.49. The molecule has 1 aromatic heterocycles. The lowest BCUT2D eigenvalue weighted by Crippen LogP contribution is -2.43. The van der Waals surface area contributed by atoms with Gasteiger partial charge in [0.2, 0.25) is 0 Å². The molecule has 0 spiro atoms. The molecule has 5 rings (SSSR count). The molecule has 0 saturated carbocycles. The van der Waals surface area contributed by atoms with Crippen molar-refractivity contribution < 1.29 is 4.79 Å². The van der Waals surface area contributed by atoms with Crippen molar-refractivity contribution in [2.45, 2.75) is 24.4 Å². The zero-order valence-electron chi connectivity index (χ0n) is 17.6. The molecule has 0 atom stereocenters. The van der Waals surface area contributed by atoms with E-state index in [1.54, 1.807) is 23.1 Å². The number of aromatic nitrogens is 2. The molecule has 0 bridgehead atoms. The number of carbonyl (C=O) groups excluding carboxylic acids is 1. The highest BCUT2D eigenvalue weighted by Gasteiger charge is 2.36. The maximum atomic E-state index is 13.5. The van der Waals surface area contributed by atoms with E-state index in [9.17, 15) is 9.59 Å². The quantitative estimate of drug-likeness (QED) is 0.392. The number of rotatable bonds is 4. The number of thioether (sulfide) groups is 1. The summed E-state index contributed by atoms with van der Waals surface area (Å²) in [6.45, 7) is 2.48. The summed E-state index contributed by atoms with van der Waals surface area (Å²) in [6.07, 6.45) is 5.36. The first kappa shape index (κ1) is 21.4. The summed E-state index contributed by atoms with van der Waals surface area (Å²) in [5, 5.41) is 5.51. The maximum absolute atomic E-state index is 13.5. The lowest BCUT2D eigenvalue weighted by molar-refractivity contribution is -0.112. The van der Waals surface area contributed by atoms with Crippen molar-refractivity contribution in [1.29, 1.82) is 0 Å². The standard InChI is InChI=1S/C23H22BrN5O2S/c1-32-23-25-18-8-4-3-7-16(18)21(30)29(23)26-20-17-13-15(24)9-10-19(17)28(22(20)31)14-27-11-5-2-6-12-27/h3-4,7-10,13H,2,5-6,11-12,14H2,1H3/b26-20+. The van der Waals surface area contributed by atoms with Crippen LogP contribution in [0.1, 0.15) is 24.8 Å². The predicted octanol–water partition coefficient (Wildman–Crippen LogP) is 3.92. The minimum Gasteiger partial charge on any atom is -0.293 e. The number of hydrogen-bond acceptors (Lipinski definition) is 6. The zero-order chi connectivity index (χ0) is 22.2. The molecule has 3 aromatic rings. The molecule has 2 aromatic carbocycles. The van der Waals surface area contributed by atoms with Gasteiger partial charge in [-0.3, -0.25) is 19.4 Å². The van der Waals surface area contributed by atoms with Crippen molar-refractivity contribution >= 4 is 55.9 Å². The second-order valence-electron chi connectivity index (χ2n) is 7.90. The second kappa shape index (κ2) is 8.80. The molecule has 32 heavy (non-hydrogen) atoms. The van der Waals surface area contributed by atoms with Gasteiger partial charge in [0.05, 0.1) is 23.3 Å². The molecule has 1 fully saturated rings. The molecule has 0 unspecified atom stereocenters. The number of piperidine rings is 1. The van der Waals surface area contributed by atoms with Crippen molar-refractivity contribution in [3.05, 3.63) is 62.9 Å². The van der Waals surface area contributed by atoms with Crippen LogP contribution in [0.4, 0.5) is 5.69 Å². The van der Waals surface area contributed by atoms with Crippen molar-refractivity contribution in [3.8, 4) is 0 Å². The first-order chi connectivity index (χ1) is 15.6. The Balaban J connectivity index is 1.63. The fourth-order valence-electron chi connectivity index (χ4n) is 4.25. The second-order valence-corrected chi connectivity index (χ2v) is 9.59. The predicted molar refractivity (Wildman–Crippen MR) is 132 cm³/mol. The molecule has 1 saturated heterocycles. The Kier molecular flexibility index (Phi) is 5.88. The van der Waals surface area contributed by atoms with Crippen LogP contribution in [0.25, 0.3) is 10.9 Å². The van der Waals surface area contributed by atoms with E-state index in [0.29, 0.717) is 28.3 Å². The normalized spacial score (nSPS) is 18.0. The number of nitrogens with zero attached hydrogens (tertiary/aromatic N) is 5. The number of benzene rings is 2. The van der Waals surface area contributed by atoms with Gasteiger partial charge in [-0.25, -0.2) is 4.98 Å². The van der Waals surface area contributed by atoms with Gasteiger partial charge in [0.15, 0.2) is 10.9 Å². The molecular formula is C23H22BrN5O2S. The Labute approximate surface area is 198 Å². The van der Waals surface area contributed by atoms with E-state index in [2.05, 4.69) is 30.9 Å². The smallest absolute Gasteiger partial charge is 0.282 e. The number of likely N-dealkylation sites (tertiary alicyclic amines) is 1. The molecule has 3 heterocycles. The number of amides is 1. The Morgan fingerprint density at radius 3 is 2.66 bits per heavy atom. The summed E-state index contributed by atoms with van der Waals surface area (Å²) in [5.74, 6) is -0.198. The Morgan fingerprint density at radius 1 is 1.09 bits per heavy atom. The number of hydrogen-bond donors (Lipinski definition) is 0. The van der Waals surface area contributed by atoms with Gasteiger partial charge in [-0.1, -0.05) is 46.2 Å². The van der Waals surface area contributed by atoms with Crippen LogP contribution in [0, 0.1) is 0 Å². The third kappa shape index (κ3) is 3.78. The highest BCUT2D eigenvalue weighted by atomic mass is 79.9. The number of para-hydroxylation sites is 1. The molecule has 0 aliphatic carbocycles. The third-order valence-corrected chi connectivity index (χ3v) is 6.97. The van der Waals surface area contributed by atoms with Crippen LogP contribution in [0.3, 0.4) is 0 Å². The molecule has 0 N–H and O–H groups in total. The third-order valence-electron chi connectivity index (χ3n) is 5.85. The largest absolute Gasteiger partial charge is 0.293 e. The van der Waals surface area contributed by atoms with Crippen LogP contribution in [-0.2, 0) is 4.79 Å². The van der Waals surface area contributed by atoms with Crippen molar-refractivity contribution in [1.82, 2.24) is 14.6 Å². The Morgan fingerprint density at radius 2 is 1.88 bits per heavy atom. The van der Waals surface area contributed by atoms with Gasteiger partial charge in [-0.05, 0) is 62.5 Å². The lowest BCUT2D eigenvalue weighted by Gasteiger charge is -2.30. The molecule has 2 aliphatic heterocycles. The average molecular weight is 512 g/mol. The van der Waals surface area contributed by atoms with Crippen LogP contribution >= 0.6 is 27.7 Å². The highest BCUT2D eigenvalue weighted by Crippen LogP contribution is 2.32. The van der Waals surface area contributed by atoms with E-state index in [-0.39, 0.29) is 17.2 Å². The summed E-state index contributed by atoms with van der Waals surface area (Å²) in [6, 6.07) is 12.9. The summed E-state index contributed by atoms with van der Waals surface area (Å²) >= 11 is 4.84. The monoisotopic (exact) mass is 511 g/mol. The molecule has 7 nitrogen and oxygen atoms in total. The first-order valence-corrected chi connectivity index (χ1v) is 12.6. The van der Waals surface area contributed by atoms with Gasteiger partial charge in [-0.2, -0.15) is 9.78 Å².